The maximum absolute atomic E-state index is 13.4. The molecule has 158 valence electrons. The van der Waals surface area contributed by atoms with Crippen LogP contribution in [0.1, 0.15) is 30.1 Å². The Morgan fingerprint density at radius 3 is 1.93 bits per heavy atom. The summed E-state index contributed by atoms with van der Waals surface area (Å²) in [6, 6.07) is 2.60. The van der Waals surface area contributed by atoms with Crippen LogP contribution in [0.15, 0.2) is 24.3 Å². The summed E-state index contributed by atoms with van der Waals surface area (Å²) in [5.74, 6) is -1.45. The van der Waals surface area contributed by atoms with Crippen molar-refractivity contribution < 1.29 is 40.7 Å². The van der Waals surface area contributed by atoms with Crippen molar-refractivity contribution >= 4 is 11.9 Å². The van der Waals surface area contributed by atoms with Gasteiger partial charge in [0.15, 0.2) is 0 Å². The topological polar surface area (TPSA) is 79.5 Å². The van der Waals surface area contributed by atoms with Gasteiger partial charge < -0.3 is 15.4 Å². The van der Waals surface area contributed by atoms with Crippen molar-refractivity contribution in [1.29, 1.82) is 0 Å². The van der Waals surface area contributed by atoms with Crippen molar-refractivity contribution in [3.63, 3.8) is 0 Å². The molecule has 6 nitrogen and oxygen atoms in total. The van der Waals surface area contributed by atoms with Crippen LogP contribution in [0.25, 0.3) is 0 Å². The van der Waals surface area contributed by atoms with Crippen LogP contribution in [0.5, 0.6) is 5.75 Å². The van der Waals surface area contributed by atoms with Gasteiger partial charge in [0.25, 0.3) is 5.91 Å². The minimum atomic E-state index is -6.07. The highest BCUT2D eigenvalue weighted by Gasteiger charge is 2.73. The van der Waals surface area contributed by atoms with Crippen LogP contribution in [0, 0.1) is 0 Å². The zero-order chi connectivity index (χ0) is 21.6. The van der Waals surface area contributed by atoms with Gasteiger partial charge in [0.2, 0.25) is 0 Å². The number of ether oxygens (including phenoxy) is 1. The lowest BCUT2D eigenvalue weighted by atomic mass is 10.1. The molecule has 0 saturated carbocycles. The Kier molecular flexibility index (Phi) is 7.53. The maximum Gasteiger partial charge on any atom is 0.439 e. The highest BCUT2D eigenvalue weighted by atomic mass is 19.4. The second-order valence-electron chi connectivity index (χ2n) is 5.66. The summed E-state index contributed by atoms with van der Waals surface area (Å²) in [5, 5.41) is 3.61. The molecule has 0 saturated heterocycles. The first-order valence-corrected chi connectivity index (χ1v) is 8.04. The Morgan fingerprint density at radius 2 is 1.50 bits per heavy atom. The van der Waals surface area contributed by atoms with E-state index in [2.05, 4.69) is 0 Å². The quantitative estimate of drug-likeness (QED) is 0.363. The van der Waals surface area contributed by atoms with Gasteiger partial charge in [-0.3, -0.25) is 10.1 Å². The molecule has 3 amide bonds. The molecular formula is C16H19F6N3O3. The van der Waals surface area contributed by atoms with Gasteiger partial charge in [0.05, 0.1) is 7.11 Å². The summed E-state index contributed by atoms with van der Waals surface area (Å²) in [6.45, 7) is 1.57. The highest BCUT2D eigenvalue weighted by molar-refractivity contribution is 5.95. The van der Waals surface area contributed by atoms with Crippen molar-refractivity contribution in [1.82, 2.24) is 16.0 Å². The summed E-state index contributed by atoms with van der Waals surface area (Å²) in [5.41, 5.74) is -5.47. The second kappa shape index (κ2) is 9.02. The number of unbranched alkanes of at least 4 members (excludes halogenated alkanes) is 1. The van der Waals surface area contributed by atoms with E-state index in [-0.39, 0.29) is 12.3 Å². The molecule has 0 aliphatic heterocycles. The summed E-state index contributed by atoms with van der Waals surface area (Å²) in [6.07, 6.45) is -11.3. The molecule has 0 aliphatic rings. The monoisotopic (exact) mass is 415 g/mol. The Bertz CT molecular complexity index is 660. The third-order valence-corrected chi connectivity index (χ3v) is 3.62. The molecule has 0 aromatic heterocycles. The van der Waals surface area contributed by atoms with Crippen LogP contribution in [0.3, 0.4) is 0 Å². The smallest absolute Gasteiger partial charge is 0.439 e. The fraction of sp³-hybridized carbons (Fsp3) is 0.500. The molecule has 1 aromatic rings. The molecule has 0 aliphatic carbocycles. The van der Waals surface area contributed by atoms with Crippen LogP contribution in [0.2, 0.25) is 0 Å². The number of carbonyl (C=O) groups is 2. The third kappa shape index (κ3) is 5.42. The molecule has 12 heteroatoms. The van der Waals surface area contributed by atoms with Crippen LogP contribution in [0.4, 0.5) is 31.1 Å². The number of methoxy groups -OCH3 is 1. The fourth-order valence-corrected chi connectivity index (χ4v) is 2.05. The average Bonchev–Trinajstić information content (AvgIpc) is 2.59. The van der Waals surface area contributed by atoms with E-state index in [1.54, 1.807) is 6.92 Å². The number of carbonyl (C=O) groups excluding carboxylic acids is 2. The first-order chi connectivity index (χ1) is 12.9. The number of rotatable bonds is 7. The van der Waals surface area contributed by atoms with Crippen LogP contribution in [-0.2, 0) is 0 Å². The lowest BCUT2D eigenvalue weighted by Crippen LogP contribution is -2.77. The Labute approximate surface area is 156 Å². The number of amides is 3. The van der Waals surface area contributed by atoms with Crippen molar-refractivity contribution in [2.24, 2.45) is 0 Å². The molecule has 1 aromatic carbocycles. The van der Waals surface area contributed by atoms with E-state index in [1.165, 1.54) is 19.2 Å². The normalized spacial score (nSPS) is 12.3. The molecule has 0 heterocycles. The minimum absolute atomic E-state index is 0.138. The molecule has 0 atom stereocenters. The second-order valence-corrected chi connectivity index (χ2v) is 5.66. The standard InChI is InChI=1S/C16H19F6N3O3/c1-3-4-9-23-13(27)25-14(15(17,18)19,16(20,21)22)24-12(26)10-5-7-11(28-2)8-6-10/h5-8H,3-4,9H2,1-2H3,(H,24,26)(H2,23,25,27). The first kappa shape index (κ1) is 23.4. The number of hydrogen-bond donors (Lipinski definition) is 3. The van der Waals surface area contributed by atoms with E-state index in [9.17, 15) is 35.9 Å². The van der Waals surface area contributed by atoms with Gasteiger partial charge in [-0.1, -0.05) is 13.3 Å². The minimum Gasteiger partial charge on any atom is -0.497 e. The first-order valence-electron chi connectivity index (χ1n) is 8.04. The molecule has 0 radical (unpaired) electrons. The molecule has 0 bridgehead atoms. The van der Waals surface area contributed by atoms with Crippen molar-refractivity contribution in [3.05, 3.63) is 29.8 Å². The van der Waals surface area contributed by atoms with E-state index >= 15 is 0 Å². The van der Waals surface area contributed by atoms with Gasteiger partial charge in [0.1, 0.15) is 5.75 Å². The van der Waals surface area contributed by atoms with E-state index in [4.69, 9.17) is 4.74 Å². The Morgan fingerprint density at radius 1 is 0.964 bits per heavy atom. The number of benzene rings is 1. The lowest BCUT2D eigenvalue weighted by molar-refractivity contribution is -0.310. The van der Waals surface area contributed by atoms with Gasteiger partial charge in [-0.2, -0.15) is 26.3 Å². The Balaban J connectivity index is 3.21. The summed E-state index contributed by atoms with van der Waals surface area (Å²) < 4.78 is 85.3. The van der Waals surface area contributed by atoms with Gasteiger partial charge >= 0.3 is 24.0 Å². The number of hydrogen-bond acceptors (Lipinski definition) is 3. The van der Waals surface area contributed by atoms with Crippen molar-refractivity contribution in [2.45, 2.75) is 37.8 Å². The van der Waals surface area contributed by atoms with E-state index < -0.39 is 35.5 Å². The molecule has 0 unspecified atom stereocenters. The van der Waals surface area contributed by atoms with Gasteiger partial charge in [-0.05, 0) is 30.7 Å². The van der Waals surface area contributed by atoms with Crippen molar-refractivity contribution in [2.75, 3.05) is 13.7 Å². The molecule has 0 spiro atoms. The number of urea groups is 1. The van der Waals surface area contributed by atoms with E-state index in [1.807, 2.05) is 5.32 Å². The zero-order valence-electron chi connectivity index (χ0n) is 14.9. The number of alkyl halides is 6. The molecule has 3 N–H and O–H groups in total. The zero-order valence-corrected chi connectivity index (χ0v) is 14.9. The summed E-state index contributed by atoms with van der Waals surface area (Å²) in [7, 11) is 1.29. The number of nitrogens with one attached hydrogen (secondary N) is 3. The predicted octanol–water partition coefficient (Wildman–Crippen LogP) is 3.35. The molecule has 28 heavy (non-hydrogen) atoms. The SMILES string of the molecule is CCCCNC(=O)NC(NC(=O)c1ccc(OC)cc1)(C(F)(F)F)C(F)(F)F. The Hall–Kier alpha value is -2.66. The summed E-state index contributed by atoms with van der Waals surface area (Å²) >= 11 is 0. The fourth-order valence-electron chi connectivity index (χ4n) is 2.05. The van der Waals surface area contributed by atoms with Crippen LogP contribution < -0.4 is 20.7 Å². The van der Waals surface area contributed by atoms with Crippen LogP contribution in [-0.4, -0.2) is 43.6 Å². The molecule has 0 fully saturated rings. The molecule has 1 rings (SSSR count). The third-order valence-electron chi connectivity index (χ3n) is 3.62. The average molecular weight is 415 g/mol. The van der Waals surface area contributed by atoms with Crippen LogP contribution >= 0.6 is 0 Å². The maximum atomic E-state index is 13.4. The highest BCUT2D eigenvalue weighted by Crippen LogP contribution is 2.41. The lowest BCUT2D eigenvalue weighted by Gasteiger charge is -2.38. The van der Waals surface area contributed by atoms with Gasteiger partial charge in [-0.25, -0.2) is 4.79 Å². The van der Waals surface area contributed by atoms with Gasteiger partial charge in [-0.15, -0.1) is 0 Å². The number of halogens is 6. The van der Waals surface area contributed by atoms with Gasteiger partial charge in [0, 0.05) is 12.1 Å². The van der Waals surface area contributed by atoms with E-state index in [0.29, 0.717) is 12.8 Å². The van der Waals surface area contributed by atoms with Crippen molar-refractivity contribution in [3.8, 4) is 5.75 Å². The predicted molar refractivity (Wildman–Crippen MR) is 86.7 cm³/mol. The van der Waals surface area contributed by atoms with E-state index in [0.717, 1.165) is 22.8 Å². The molecular weight excluding hydrogens is 396 g/mol. The summed E-state index contributed by atoms with van der Waals surface area (Å²) in [4.78, 5) is 23.7. The largest absolute Gasteiger partial charge is 0.497 e.